The summed E-state index contributed by atoms with van der Waals surface area (Å²) in [5.41, 5.74) is -0.829. The smallest absolute Gasteiger partial charge is 0.0992 e. The van der Waals surface area contributed by atoms with Gasteiger partial charge in [-0.15, -0.1) is 0 Å². The van der Waals surface area contributed by atoms with E-state index in [0.29, 0.717) is 12.2 Å². The number of thioether (sulfide) groups is 1. The number of hydrogen-bond donors (Lipinski definition) is 1. The van der Waals surface area contributed by atoms with Crippen molar-refractivity contribution in [3.63, 3.8) is 0 Å². The molecule has 2 unspecified atom stereocenters. The van der Waals surface area contributed by atoms with Crippen LogP contribution in [0.3, 0.4) is 0 Å². The van der Waals surface area contributed by atoms with Gasteiger partial charge in [0.25, 0.3) is 0 Å². The van der Waals surface area contributed by atoms with Crippen LogP contribution in [-0.4, -0.2) is 22.7 Å². The standard InChI is InChI=1S/C10H13NOS/c1-13-8-10(12)6-3-2-4-9(10)5-7-11/h2-4,6,9,12H,5,8H2,1H3. The number of nitrogens with zero attached hydrogens (tertiary/aromatic N) is 1. The van der Waals surface area contributed by atoms with Gasteiger partial charge in [0.1, 0.15) is 0 Å². The van der Waals surface area contributed by atoms with Crippen molar-refractivity contribution >= 4 is 11.8 Å². The molecule has 1 aliphatic rings. The lowest BCUT2D eigenvalue weighted by atomic mass is 9.83. The quantitative estimate of drug-likeness (QED) is 0.746. The molecule has 3 heteroatoms. The van der Waals surface area contributed by atoms with E-state index in [-0.39, 0.29) is 5.92 Å². The van der Waals surface area contributed by atoms with Gasteiger partial charge in [-0.05, 0) is 6.26 Å². The minimum atomic E-state index is -0.829. The molecule has 0 spiro atoms. The lowest BCUT2D eigenvalue weighted by Crippen LogP contribution is -2.38. The van der Waals surface area contributed by atoms with E-state index in [1.54, 1.807) is 17.8 Å². The van der Waals surface area contributed by atoms with Gasteiger partial charge in [0, 0.05) is 18.1 Å². The molecule has 0 saturated heterocycles. The zero-order chi connectivity index (χ0) is 9.73. The second kappa shape index (κ2) is 4.50. The molecule has 0 aromatic heterocycles. The van der Waals surface area contributed by atoms with Crippen molar-refractivity contribution in [2.45, 2.75) is 12.0 Å². The Hall–Kier alpha value is -0.720. The SMILES string of the molecule is CSCC1(O)C=CC=CC1CC#N. The van der Waals surface area contributed by atoms with E-state index < -0.39 is 5.60 Å². The molecule has 1 N–H and O–H groups in total. The van der Waals surface area contributed by atoms with Crippen LogP contribution in [0.1, 0.15) is 6.42 Å². The first-order valence-corrected chi connectivity index (χ1v) is 5.56. The van der Waals surface area contributed by atoms with Crippen molar-refractivity contribution in [1.29, 1.82) is 5.26 Å². The highest BCUT2D eigenvalue weighted by Crippen LogP contribution is 2.29. The van der Waals surface area contributed by atoms with Gasteiger partial charge in [-0.25, -0.2) is 0 Å². The number of allylic oxidation sites excluding steroid dienone is 2. The fraction of sp³-hybridized carbons (Fsp3) is 0.500. The lowest BCUT2D eigenvalue weighted by Gasteiger charge is -2.31. The molecule has 2 atom stereocenters. The molecule has 0 radical (unpaired) electrons. The zero-order valence-electron chi connectivity index (χ0n) is 7.60. The molecule has 0 aliphatic heterocycles. The van der Waals surface area contributed by atoms with Gasteiger partial charge in [0.05, 0.1) is 11.7 Å². The third-order valence-electron chi connectivity index (χ3n) is 2.17. The Balaban J connectivity index is 2.75. The van der Waals surface area contributed by atoms with Crippen molar-refractivity contribution in [3.8, 4) is 6.07 Å². The number of aliphatic hydroxyl groups is 1. The highest BCUT2D eigenvalue weighted by atomic mass is 32.2. The van der Waals surface area contributed by atoms with Crippen molar-refractivity contribution < 1.29 is 5.11 Å². The van der Waals surface area contributed by atoms with E-state index in [0.717, 1.165) is 0 Å². The molecule has 0 amide bonds. The van der Waals surface area contributed by atoms with Crippen LogP contribution in [-0.2, 0) is 0 Å². The van der Waals surface area contributed by atoms with Crippen molar-refractivity contribution in [1.82, 2.24) is 0 Å². The van der Waals surface area contributed by atoms with Crippen molar-refractivity contribution in [2.75, 3.05) is 12.0 Å². The Morgan fingerprint density at radius 3 is 3.00 bits per heavy atom. The first-order valence-electron chi connectivity index (χ1n) is 4.17. The Labute approximate surface area is 82.9 Å². The molecule has 0 heterocycles. The maximum Gasteiger partial charge on any atom is 0.0992 e. The number of nitriles is 1. The van der Waals surface area contributed by atoms with Gasteiger partial charge < -0.3 is 5.11 Å². The van der Waals surface area contributed by atoms with E-state index in [4.69, 9.17) is 5.26 Å². The molecule has 1 rings (SSSR count). The van der Waals surface area contributed by atoms with Crippen LogP contribution in [0.2, 0.25) is 0 Å². The Morgan fingerprint density at radius 1 is 1.62 bits per heavy atom. The minimum Gasteiger partial charge on any atom is -0.384 e. The highest BCUT2D eigenvalue weighted by molar-refractivity contribution is 7.98. The van der Waals surface area contributed by atoms with Crippen LogP contribution >= 0.6 is 11.8 Å². The summed E-state index contributed by atoms with van der Waals surface area (Å²) in [6, 6.07) is 2.10. The van der Waals surface area contributed by atoms with Gasteiger partial charge in [-0.1, -0.05) is 24.3 Å². The zero-order valence-corrected chi connectivity index (χ0v) is 8.42. The fourth-order valence-corrected chi connectivity index (χ4v) is 2.21. The van der Waals surface area contributed by atoms with Crippen LogP contribution < -0.4 is 0 Å². The molecule has 0 fully saturated rings. The largest absolute Gasteiger partial charge is 0.384 e. The lowest BCUT2D eigenvalue weighted by molar-refractivity contribution is 0.0723. The van der Waals surface area contributed by atoms with Crippen molar-refractivity contribution in [3.05, 3.63) is 24.3 Å². The maximum atomic E-state index is 10.2. The molecular weight excluding hydrogens is 182 g/mol. The average molecular weight is 195 g/mol. The van der Waals surface area contributed by atoms with E-state index in [1.807, 2.05) is 24.5 Å². The third-order valence-corrected chi connectivity index (χ3v) is 2.92. The summed E-state index contributed by atoms with van der Waals surface area (Å²) < 4.78 is 0. The Morgan fingerprint density at radius 2 is 2.38 bits per heavy atom. The van der Waals surface area contributed by atoms with Crippen LogP contribution in [0.15, 0.2) is 24.3 Å². The van der Waals surface area contributed by atoms with Gasteiger partial charge in [0.15, 0.2) is 0 Å². The molecule has 0 aromatic carbocycles. The fourth-order valence-electron chi connectivity index (χ4n) is 1.44. The van der Waals surface area contributed by atoms with Gasteiger partial charge in [0.2, 0.25) is 0 Å². The summed E-state index contributed by atoms with van der Waals surface area (Å²) in [6.45, 7) is 0. The van der Waals surface area contributed by atoms with E-state index >= 15 is 0 Å². The average Bonchev–Trinajstić information content (AvgIpc) is 2.10. The first-order chi connectivity index (χ1) is 6.23. The Bertz CT molecular complexity index is 267. The molecule has 0 bridgehead atoms. The summed E-state index contributed by atoms with van der Waals surface area (Å²) in [7, 11) is 0. The molecule has 13 heavy (non-hydrogen) atoms. The third kappa shape index (κ3) is 2.36. The molecule has 70 valence electrons. The molecular formula is C10H13NOS. The van der Waals surface area contributed by atoms with Crippen LogP contribution in [0.5, 0.6) is 0 Å². The van der Waals surface area contributed by atoms with Gasteiger partial charge in [-0.3, -0.25) is 0 Å². The Kier molecular flexibility index (Phi) is 3.58. The van der Waals surface area contributed by atoms with E-state index in [9.17, 15) is 5.11 Å². The predicted octanol–water partition coefficient (Wildman–Crippen LogP) is 1.74. The molecule has 2 nitrogen and oxygen atoms in total. The maximum absolute atomic E-state index is 10.2. The molecule has 1 aliphatic carbocycles. The summed E-state index contributed by atoms with van der Waals surface area (Å²) in [4.78, 5) is 0. The van der Waals surface area contributed by atoms with Crippen LogP contribution in [0.4, 0.5) is 0 Å². The first kappa shape index (κ1) is 10.4. The summed E-state index contributed by atoms with van der Waals surface area (Å²) >= 11 is 1.59. The van der Waals surface area contributed by atoms with Gasteiger partial charge >= 0.3 is 0 Å². The number of rotatable bonds is 3. The highest BCUT2D eigenvalue weighted by Gasteiger charge is 2.33. The summed E-state index contributed by atoms with van der Waals surface area (Å²) in [6.07, 6.45) is 9.73. The van der Waals surface area contributed by atoms with Gasteiger partial charge in [-0.2, -0.15) is 17.0 Å². The number of hydrogen-bond acceptors (Lipinski definition) is 3. The topological polar surface area (TPSA) is 44.0 Å². The monoisotopic (exact) mass is 195 g/mol. The van der Waals surface area contributed by atoms with Crippen LogP contribution in [0.25, 0.3) is 0 Å². The minimum absolute atomic E-state index is 0.0602. The summed E-state index contributed by atoms with van der Waals surface area (Å²) in [5.74, 6) is 0.579. The van der Waals surface area contributed by atoms with Crippen LogP contribution in [0, 0.1) is 17.2 Å². The normalized spacial score (nSPS) is 31.6. The second-order valence-electron chi connectivity index (χ2n) is 3.14. The van der Waals surface area contributed by atoms with E-state index in [2.05, 4.69) is 6.07 Å². The summed E-state index contributed by atoms with van der Waals surface area (Å²) in [5, 5.41) is 18.7. The van der Waals surface area contributed by atoms with Crippen molar-refractivity contribution in [2.24, 2.45) is 5.92 Å². The van der Waals surface area contributed by atoms with E-state index in [1.165, 1.54) is 0 Å². The molecule has 0 aromatic rings. The second-order valence-corrected chi connectivity index (χ2v) is 4.00. The predicted molar refractivity (Wildman–Crippen MR) is 55.3 cm³/mol. The molecule has 0 saturated carbocycles.